The largest absolute Gasteiger partial charge is 0.481 e. The Bertz CT molecular complexity index is 256. The van der Waals surface area contributed by atoms with Crippen LogP contribution < -0.4 is 10.6 Å². The van der Waals surface area contributed by atoms with Gasteiger partial charge in [-0.2, -0.15) is 0 Å². The van der Waals surface area contributed by atoms with E-state index in [1.807, 2.05) is 6.92 Å². The summed E-state index contributed by atoms with van der Waals surface area (Å²) < 4.78 is 5.30. The van der Waals surface area contributed by atoms with Gasteiger partial charge in [0.1, 0.15) is 0 Å². The van der Waals surface area contributed by atoms with Crippen LogP contribution in [-0.4, -0.2) is 42.9 Å². The molecule has 6 heteroatoms. The molecule has 0 aliphatic carbocycles. The molecule has 0 radical (unpaired) electrons. The van der Waals surface area contributed by atoms with E-state index < -0.39 is 5.97 Å². The van der Waals surface area contributed by atoms with Crippen molar-refractivity contribution in [1.29, 1.82) is 0 Å². The van der Waals surface area contributed by atoms with Gasteiger partial charge < -0.3 is 20.5 Å². The summed E-state index contributed by atoms with van der Waals surface area (Å²) in [6.07, 6.45) is 0.525. The number of nitrogens with one attached hydrogen (secondary N) is 2. The van der Waals surface area contributed by atoms with Gasteiger partial charge >= 0.3 is 12.0 Å². The number of aliphatic carboxylic acids is 1. The van der Waals surface area contributed by atoms with E-state index in [-0.39, 0.29) is 18.5 Å². The highest BCUT2D eigenvalue weighted by Gasteiger charge is 2.13. The zero-order valence-electron chi connectivity index (χ0n) is 11.4. The molecular formula is C12H24N2O4. The number of amides is 2. The summed E-state index contributed by atoms with van der Waals surface area (Å²) in [6, 6.07) is -0.685. The summed E-state index contributed by atoms with van der Waals surface area (Å²) in [5.74, 6) is -0.443. The first-order valence-corrected chi connectivity index (χ1v) is 6.29. The smallest absolute Gasteiger partial charge is 0.315 e. The van der Waals surface area contributed by atoms with Crippen molar-refractivity contribution in [3.63, 3.8) is 0 Å². The van der Waals surface area contributed by atoms with Crippen LogP contribution in [0.25, 0.3) is 0 Å². The van der Waals surface area contributed by atoms with Gasteiger partial charge in [0.15, 0.2) is 0 Å². The molecule has 0 aliphatic heterocycles. The van der Waals surface area contributed by atoms with Crippen LogP contribution in [0.5, 0.6) is 0 Å². The van der Waals surface area contributed by atoms with E-state index in [1.165, 1.54) is 0 Å². The zero-order chi connectivity index (χ0) is 14.0. The molecule has 2 amide bonds. The summed E-state index contributed by atoms with van der Waals surface area (Å²) >= 11 is 0. The van der Waals surface area contributed by atoms with E-state index in [2.05, 4.69) is 24.5 Å². The lowest BCUT2D eigenvalue weighted by atomic mass is 10.1. The predicted octanol–water partition coefficient (Wildman–Crippen LogP) is 1.21. The van der Waals surface area contributed by atoms with E-state index in [0.717, 1.165) is 0 Å². The number of hydrogen-bond acceptors (Lipinski definition) is 3. The van der Waals surface area contributed by atoms with Crippen molar-refractivity contribution in [3.05, 3.63) is 0 Å². The van der Waals surface area contributed by atoms with Crippen LogP contribution >= 0.6 is 0 Å². The van der Waals surface area contributed by atoms with Crippen molar-refractivity contribution < 1.29 is 19.4 Å². The minimum Gasteiger partial charge on any atom is -0.481 e. The van der Waals surface area contributed by atoms with Crippen LogP contribution in [0.2, 0.25) is 0 Å². The van der Waals surface area contributed by atoms with Crippen LogP contribution in [0, 0.1) is 5.92 Å². The molecule has 1 unspecified atom stereocenters. The summed E-state index contributed by atoms with van der Waals surface area (Å²) in [4.78, 5) is 21.9. The van der Waals surface area contributed by atoms with Crippen molar-refractivity contribution in [2.24, 2.45) is 5.92 Å². The lowest BCUT2D eigenvalue weighted by Gasteiger charge is -2.15. The highest BCUT2D eigenvalue weighted by Crippen LogP contribution is 1.97. The fourth-order valence-corrected chi connectivity index (χ4v) is 1.30. The monoisotopic (exact) mass is 260 g/mol. The molecule has 0 aromatic heterocycles. The number of carboxylic acids is 1. The maximum Gasteiger partial charge on any atom is 0.315 e. The van der Waals surface area contributed by atoms with E-state index >= 15 is 0 Å². The van der Waals surface area contributed by atoms with Gasteiger partial charge in [0, 0.05) is 19.2 Å². The predicted molar refractivity (Wildman–Crippen MR) is 68.5 cm³/mol. The number of carboxylic acid groups (broad SMARTS) is 1. The molecule has 106 valence electrons. The fraction of sp³-hybridized carbons (Fsp3) is 0.833. The molecule has 0 saturated carbocycles. The van der Waals surface area contributed by atoms with Crippen LogP contribution in [0.1, 0.15) is 33.6 Å². The van der Waals surface area contributed by atoms with Crippen LogP contribution in [0.15, 0.2) is 0 Å². The first kappa shape index (κ1) is 16.7. The SMILES string of the molecule is CCC(CC(=O)O)NC(=O)NCCOCC(C)C. The van der Waals surface area contributed by atoms with Gasteiger partial charge in [-0.3, -0.25) is 4.79 Å². The zero-order valence-corrected chi connectivity index (χ0v) is 11.4. The third kappa shape index (κ3) is 9.89. The molecule has 0 saturated heterocycles. The van der Waals surface area contributed by atoms with E-state index in [1.54, 1.807) is 0 Å². The summed E-state index contributed by atoms with van der Waals surface area (Å²) in [5, 5.41) is 13.9. The molecule has 0 fully saturated rings. The van der Waals surface area contributed by atoms with E-state index in [0.29, 0.717) is 32.1 Å². The molecule has 0 aliphatic rings. The van der Waals surface area contributed by atoms with Crippen molar-refractivity contribution in [1.82, 2.24) is 10.6 Å². The molecule has 0 rings (SSSR count). The first-order chi connectivity index (χ1) is 8.45. The Balaban J connectivity index is 3.65. The van der Waals surface area contributed by atoms with Crippen LogP contribution in [0.3, 0.4) is 0 Å². The van der Waals surface area contributed by atoms with E-state index in [4.69, 9.17) is 9.84 Å². The molecular weight excluding hydrogens is 236 g/mol. The van der Waals surface area contributed by atoms with Gasteiger partial charge in [0.2, 0.25) is 0 Å². The molecule has 3 N–H and O–H groups in total. The number of carbonyl (C=O) groups is 2. The minimum atomic E-state index is -0.914. The second-order valence-corrected chi connectivity index (χ2v) is 4.57. The third-order valence-corrected chi connectivity index (χ3v) is 2.23. The number of carbonyl (C=O) groups excluding carboxylic acids is 1. The highest BCUT2D eigenvalue weighted by molar-refractivity contribution is 5.75. The van der Waals surface area contributed by atoms with Gasteiger partial charge in [-0.05, 0) is 12.3 Å². The maximum absolute atomic E-state index is 11.4. The lowest BCUT2D eigenvalue weighted by Crippen LogP contribution is -2.43. The Labute approximate surface area is 108 Å². The van der Waals surface area contributed by atoms with Crippen molar-refractivity contribution >= 4 is 12.0 Å². The second-order valence-electron chi connectivity index (χ2n) is 4.57. The highest BCUT2D eigenvalue weighted by atomic mass is 16.5. The molecule has 0 aromatic carbocycles. The maximum atomic E-state index is 11.4. The van der Waals surface area contributed by atoms with Crippen molar-refractivity contribution in [2.75, 3.05) is 19.8 Å². The number of hydrogen-bond donors (Lipinski definition) is 3. The van der Waals surface area contributed by atoms with Gasteiger partial charge in [0.25, 0.3) is 0 Å². The Morgan fingerprint density at radius 2 is 2.00 bits per heavy atom. The fourth-order valence-electron chi connectivity index (χ4n) is 1.30. The van der Waals surface area contributed by atoms with E-state index in [9.17, 15) is 9.59 Å². The second kappa shape index (κ2) is 9.70. The van der Waals surface area contributed by atoms with Crippen molar-refractivity contribution in [3.8, 4) is 0 Å². The van der Waals surface area contributed by atoms with Gasteiger partial charge in [-0.25, -0.2) is 4.79 Å². The standard InChI is InChI=1S/C12H24N2O4/c1-4-10(7-11(15)16)14-12(17)13-5-6-18-8-9(2)3/h9-10H,4-8H2,1-3H3,(H,15,16)(H2,13,14,17). The van der Waals surface area contributed by atoms with Gasteiger partial charge in [-0.1, -0.05) is 20.8 Å². The normalized spacial score (nSPS) is 12.2. The molecule has 0 bridgehead atoms. The average Bonchev–Trinajstić information content (AvgIpc) is 2.26. The average molecular weight is 260 g/mol. The molecule has 1 atom stereocenters. The Hall–Kier alpha value is -1.30. The molecule has 6 nitrogen and oxygen atoms in total. The van der Waals surface area contributed by atoms with Crippen molar-refractivity contribution in [2.45, 2.75) is 39.7 Å². The minimum absolute atomic E-state index is 0.0617. The number of rotatable bonds is 9. The summed E-state index contributed by atoms with van der Waals surface area (Å²) in [6.45, 7) is 7.48. The third-order valence-electron chi connectivity index (χ3n) is 2.23. The number of ether oxygens (including phenoxy) is 1. The molecule has 0 aromatic rings. The Morgan fingerprint density at radius 1 is 1.33 bits per heavy atom. The quantitative estimate of drug-likeness (QED) is 0.544. The topological polar surface area (TPSA) is 87.7 Å². The molecule has 0 spiro atoms. The van der Waals surface area contributed by atoms with Crippen LogP contribution in [-0.2, 0) is 9.53 Å². The van der Waals surface area contributed by atoms with Gasteiger partial charge in [0.05, 0.1) is 13.0 Å². The Morgan fingerprint density at radius 3 is 2.50 bits per heavy atom. The van der Waals surface area contributed by atoms with Crippen LogP contribution in [0.4, 0.5) is 4.79 Å². The summed E-state index contributed by atoms with van der Waals surface area (Å²) in [7, 11) is 0. The number of urea groups is 1. The molecule has 0 heterocycles. The molecule has 18 heavy (non-hydrogen) atoms. The summed E-state index contributed by atoms with van der Waals surface area (Å²) in [5.41, 5.74) is 0. The Kier molecular flexibility index (Phi) is 9.00. The first-order valence-electron chi connectivity index (χ1n) is 6.29. The lowest BCUT2D eigenvalue weighted by molar-refractivity contribution is -0.137. The van der Waals surface area contributed by atoms with Gasteiger partial charge in [-0.15, -0.1) is 0 Å².